The van der Waals surface area contributed by atoms with E-state index in [4.69, 9.17) is 16.7 Å². The molecule has 0 atom stereocenters. The lowest BCUT2D eigenvalue weighted by Crippen LogP contribution is -2.09. The Kier molecular flexibility index (Phi) is 3.32. The molecule has 7 heteroatoms. The van der Waals surface area contributed by atoms with Gasteiger partial charge in [0.15, 0.2) is 0 Å². The smallest absolute Gasteiger partial charge is 0.313 e. The molecular weight excluding hydrogens is 216 g/mol. The lowest BCUT2D eigenvalue weighted by molar-refractivity contribution is -0.133. The van der Waals surface area contributed by atoms with Crippen LogP contribution in [0.15, 0.2) is 15.9 Å². The number of carboxylic acid groups (broad SMARTS) is 1. The third kappa shape index (κ3) is 2.74. The van der Waals surface area contributed by atoms with E-state index in [9.17, 15) is 9.59 Å². The van der Waals surface area contributed by atoms with Crippen LogP contribution in [0, 0.1) is 0 Å². The van der Waals surface area contributed by atoms with Crippen molar-refractivity contribution in [1.29, 1.82) is 0 Å². The Bertz CT molecular complexity index is 378. The van der Waals surface area contributed by atoms with E-state index in [1.807, 2.05) is 0 Å². The Labute approximate surface area is 82.1 Å². The lowest BCUT2D eigenvalue weighted by Gasteiger charge is -1.98. The summed E-state index contributed by atoms with van der Waals surface area (Å²) in [5, 5.41) is 14.0. The number of nitrogens with zero attached hydrogens (tertiary/aromatic N) is 1. The minimum atomic E-state index is -0.971. The van der Waals surface area contributed by atoms with Gasteiger partial charge in [0.25, 0.3) is 5.56 Å². The van der Waals surface area contributed by atoms with E-state index in [1.54, 1.807) is 0 Å². The molecule has 0 radical (unpaired) electrons. The molecule has 1 heterocycles. The molecule has 0 amide bonds. The number of thioether (sulfide) groups is 1. The van der Waals surface area contributed by atoms with Gasteiger partial charge in [-0.25, -0.2) is 5.10 Å². The van der Waals surface area contributed by atoms with Gasteiger partial charge in [-0.1, -0.05) is 11.6 Å². The van der Waals surface area contributed by atoms with Gasteiger partial charge in [-0.15, -0.1) is 11.8 Å². The molecule has 13 heavy (non-hydrogen) atoms. The first-order valence-electron chi connectivity index (χ1n) is 3.19. The summed E-state index contributed by atoms with van der Waals surface area (Å²) < 4.78 is 0. The molecule has 0 saturated heterocycles. The molecule has 0 aromatic carbocycles. The monoisotopic (exact) mass is 220 g/mol. The minimum absolute atomic E-state index is 0.0266. The zero-order chi connectivity index (χ0) is 9.84. The third-order valence-electron chi connectivity index (χ3n) is 1.11. The molecule has 0 spiro atoms. The average molecular weight is 221 g/mol. The molecule has 0 aliphatic heterocycles. The van der Waals surface area contributed by atoms with Crippen molar-refractivity contribution in [2.45, 2.75) is 4.90 Å². The molecule has 1 aromatic rings. The number of hydrogen-bond donors (Lipinski definition) is 2. The van der Waals surface area contributed by atoms with E-state index in [0.717, 1.165) is 11.8 Å². The molecule has 70 valence electrons. The Morgan fingerprint density at radius 3 is 3.08 bits per heavy atom. The average Bonchev–Trinajstić information content (AvgIpc) is 2.07. The first kappa shape index (κ1) is 10.1. The fourth-order valence-electron chi connectivity index (χ4n) is 0.607. The first-order chi connectivity index (χ1) is 6.11. The molecule has 0 aliphatic carbocycles. The second-order valence-corrected chi connectivity index (χ2v) is 3.45. The molecule has 0 unspecified atom stereocenters. The number of carbonyl (C=O) groups is 1. The highest BCUT2D eigenvalue weighted by molar-refractivity contribution is 8.00. The van der Waals surface area contributed by atoms with Crippen molar-refractivity contribution in [3.05, 3.63) is 21.6 Å². The fraction of sp³-hybridized carbons (Fsp3) is 0.167. The van der Waals surface area contributed by atoms with Gasteiger partial charge >= 0.3 is 5.97 Å². The largest absolute Gasteiger partial charge is 0.481 e. The number of rotatable bonds is 3. The second-order valence-electron chi connectivity index (χ2n) is 2.06. The summed E-state index contributed by atoms with van der Waals surface area (Å²) in [6.07, 6.45) is 1.32. The van der Waals surface area contributed by atoms with Gasteiger partial charge in [0.1, 0.15) is 5.02 Å². The molecule has 1 rings (SSSR count). The molecule has 0 bridgehead atoms. The standard InChI is InChI=1S/C6H5ClN2O3S/c7-5-3(13-2-4(10)11)1-8-9-6(5)12/h1H,2H2,(H,9,12)(H,10,11). The number of carboxylic acids is 1. The third-order valence-corrected chi connectivity index (χ3v) is 2.61. The highest BCUT2D eigenvalue weighted by Gasteiger charge is 2.07. The molecular formula is C6H5ClN2O3S. The fourth-order valence-corrected chi connectivity index (χ4v) is 1.49. The summed E-state index contributed by atoms with van der Waals surface area (Å²) in [5.74, 6) is -1.12. The highest BCUT2D eigenvalue weighted by Crippen LogP contribution is 2.21. The van der Waals surface area contributed by atoms with Crippen LogP contribution >= 0.6 is 23.4 Å². The predicted octanol–water partition coefficient (Wildman–Crippen LogP) is 0.600. The summed E-state index contributed by atoms with van der Waals surface area (Å²) in [5.41, 5.74) is -0.517. The highest BCUT2D eigenvalue weighted by atomic mass is 35.5. The maximum atomic E-state index is 10.9. The maximum Gasteiger partial charge on any atom is 0.313 e. The van der Waals surface area contributed by atoms with Crippen molar-refractivity contribution in [3.8, 4) is 0 Å². The molecule has 2 N–H and O–H groups in total. The summed E-state index contributed by atoms with van der Waals surface area (Å²) >= 11 is 6.53. The summed E-state index contributed by atoms with van der Waals surface area (Å²) in [7, 11) is 0. The van der Waals surface area contributed by atoms with Crippen LogP contribution in [-0.4, -0.2) is 27.0 Å². The number of H-pyrrole nitrogens is 1. The molecule has 0 aliphatic rings. The topological polar surface area (TPSA) is 83.0 Å². The number of nitrogens with one attached hydrogen (secondary N) is 1. The Hall–Kier alpha value is -1.01. The van der Waals surface area contributed by atoms with Crippen molar-refractivity contribution in [3.63, 3.8) is 0 Å². The molecule has 5 nitrogen and oxygen atoms in total. The number of aromatic amines is 1. The summed E-state index contributed by atoms with van der Waals surface area (Å²) in [4.78, 5) is 21.4. The summed E-state index contributed by atoms with van der Waals surface area (Å²) in [6, 6.07) is 0. The van der Waals surface area contributed by atoms with Crippen LogP contribution < -0.4 is 5.56 Å². The van der Waals surface area contributed by atoms with Crippen molar-refractivity contribution in [2.24, 2.45) is 0 Å². The van der Waals surface area contributed by atoms with E-state index in [1.165, 1.54) is 6.20 Å². The van der Waals surface area contributed by atoms with Gasteiger partial charge in [0.05, 0.1) is 16.8 Å². The number of aromatic nitrogens is 2. The van der Waals surface area contributed by atoms with Crippen LogP contribution in [0.4, 0.5) is 0 Å². The quantitative estimate of drug-likeness (QED) is 0.729. The SMILES string of the molecule is O=C(O)CSc1cn[nH]c(=O)c1Cl. The van der Waals surface area contributed by atoms with Crippen molar-refractivity contribution >= 4 is 29.3 Å². The second kappa shape index (κ2) is 4.29. The Morgan fingerprint density at radius 2 is 2.46 bits per heavy atom. The Balaban J connectivity index is 2.83. The zero-order valence-electron chi connectivity index (χ0n) is 6.28. The van der Waals surface area contributed by atoms with Gasteiger partial charge in [-0.2, -0.15) is 5.10 Å². The van der Waals surface area contributed by atoms with E-state index in [-0.39, 0.29) is 10.8 Å². The maximum absolute atomic E-state index is 10.9. The zero-order valence-corrected chi connectivity index (χ0v) is 7.85. The van der Waals surface area contributed by atoms with Gasteiger partial charge in [0, 0.05) is 0 Å². The van der Waals surface area contributed by atoms with Crippen LogP contribution in [0.2, 0.25) is 5.02 Å². The van der Waals surface area contributed by atoms with Crippen molar-refractivity contribution in [2.75, 3.05) is 5.75 Å². The van der Waals surface area contributed by atoms with Crippen LogP contribution in [0.25, 0.3) is 0 Å². The van der Waals surface area contributed by atoms with E-state index in [2.05, 4.69) is 10.2 Å². The lowest BCUT2D eigenvalue weighted by atomic mass is 10.6. The number of hydrogen-bond acceptors (Lipinski definition) is 4. The van der Waals surface area contributed by atoms with Gasteiger partial charge in [-0.05, 0) is 0 Å². The first-order valence-corrected chi connectivity index (χ1v) is 4.55. The van der Waals surface area contributed by atoms with Crippen molar-refractivity contribution < 1.29 is 9.90 Å². The van der Waals surface area contributed by atoms with E-state index < -0.39 is 11.5 Å². The number of halogens is 1. The number of aliphatic carboxylic acids is 1. The molecule has 0 fully saturated rings. The van der Waals surface area contributed by atoms with Gasteiger partial charge < -0.3 is 5.11 Å². The van der Waals surface area contributed by atoms with Crippen LogP contribution in [-0.2, 0) is 4.79 Å². The molecule has 0 saturated carbocycles. The van der Waals surface area contributed by atoms with Gasteiger partial charge in [0.2, 0.25) is 0 Å². The normalized spacial score (nSPS) is 9.92. The summed E-state index contributed by atoms with van der Waals surface area (Å²) in [6.45, 7) is 0. The molecule has 1 aromatic heterocycles. The Morgan fingerprint density at radius 1 is 1.77 bits per heavy atom. The van der Waals surface area contributed by atoms with Gasteiger partial charge in [-0.3, -0.25) is 9.59 Å². The predicted molar refractivity (Wildman–Crippen MR) is 48.2 cm³/mol. The van der Waals surface area contributed by atoms with E-state index in [0.29, 0.717) is 4.90 Å². The van der Waals surface area contributed by atoms with Crippen LogP contribution in [0.5, 0.6) is 0 Å². The minimum Gasteiger partial charge on any atom is -0.481 e. The van der Waals surface area contributed by atoms with Crippen LogP contribution in [0.1, 0.15) is 0 Å². The van der Waals surface area contributed by atoms with E-state index >= 15 is 0 Å². The van der Waals surface area contributed by atoms with Crippen LogP contribution in [0.3, 0.4) is 0 Å². The van der Waals surface area contributed by atoms with Crippen molar-refractivity contribution in [1.82, 2.24) is 10.2 Å².